The zero-order valence-corrected chi connectivity index (χ0v) is 17.4. The molecular formula is C20H29N5O6. The van der Waals surface area contributed by atoms with Gasteiger partial charge in [0.05, 0.1) is 18.7 Å². The third-order valence-corrected chi connectivity index (χ3v) is 4.69. The third kappa shape index (κ3) is 6.67. The Balaban J connectivity index is 2.30. The Kier molecular flexibility index (Phi) is 8.37. The van der Waals surface area contributed by atoms with Gasteiger partial charge in [-0.3, -0.25) is 9.59 Å². The second kappa shape index (κ2) is 10.8. The summed E-state index contributed by atoms with van der Waals surface area (Å²) in [5.41, 5.74) is 12.9. The Morgan fingerprint density at radius 3 is 2.42 bits per heavy atom. The van der Waals surface area contributed by atoms with Gasteiger partial charge in [0.1, 0.15) is 18.3 Å². The molecule has 11 nitrogen and oxygen atoms in total. The topological polar surface area (TPSA) is 193 Å². The van der Waals surface area contributed by atoms with Crippen molar-refractivity contribution >= 4 is 17.8 Å². The number of aliphatic imine (C=N–C) groups is 1. The molecule has 1 heterocycles. The minimum Gasteiger partial charge on any atom is -0.480 e. The summed E-state index contributed by atoms with van der Waals surface area (Å²) >= 11 is 0. The van der Waals surface area contributed by atoms with Crippen LogP contribution < -0.4 is 22.1 Å². The molecule has 0 aromatic heterocycles. The number of aliphatic hydroxyl groups is 3. The zero-order chi connectivity index (χ0) is 23.1. The van der Waals surface area contributed by atoms with Gasteiger partial charge in [-0.15, -0.1) is 0 Å². The van der Waals surface area contributed by atoms with Crippen LogP contribution in [-0.4, -0.2) is 70.1 Å². The van der Waals surface area contributed by atoms with Crippen LogP contribution in [0.1, 0.15) is 18.1 Å². The Morgan fingerprint density at radius 1 is 1.23 bits per heavy atom. The molecule has 31 heavy (non-hydrogen) atoms. The van der Waals surface area contributed by atoms with Gasteiger partial charge in [-0.1, -0.05) is 29.8 Å². The van der Waals surface area contributed by atoms with E-state index in [4.69, 9.17) is 16.2 Å². The first-order valence-electron chi connectivity index (χ1n) is 9.67. The van der Waals surface area contributed by atoms with Crippen LogP contribution in [0.15, 0.2) is 41.1 Å². The van der Waals surface area contributed by atoms with E-state index in [1.807, 2.05) is 31.2 Å². The Labute approximate surface area is 179 Å². The van der Waals surface area contributed by atoms with Gasteiger partial charge in [0.25, 0.3) is 5.91 Å². The third-order valence-electron chi connectivity index (χ3n) is 4.69. The predicted molar refractivity (Wildman–Crippen MR) is 112 cm³/mol. The number of ether oxygens (including phenoxy) is 1. The Hall–Kier alpha value is -3.15. The summed E-state index contributed by atoms with van der Waals surface area (Å²) in [6.07, 6.45) is -3.23. The lowest BCUT2D eigenvalue weighted by Crippen LogP contribution is -2.60. The van der Waals surface area contributed by atoms with Gasteiger partial charge < -0.3 is 42.2 Å². The lowest BCUT2D eigenvalue weighted by molar-refractivity contribution is -0.134. The number of nitrogens with zero attached hydrogens (tertiary/aromatic N) is 1. The molecule has 2 amide bonds. The highest BCUT2D eigenvalue weighted by molar-refractivity contribution is 5.92. The molecule has 0 unspecified atom stereocenters. The molecule has 11 heteroatoms. The number of aliphatic hydroxyl groups excluding tert-OH is 3. The molecule has 0 fully saturated rings. The van der Waals surface area contributed by atoms with Crippen molar-refractivity contribution in [1.82, 2.24) is 10.6 Å². The summed E-state index contributed by atoms with van der Waals surface area (Å²) in [5, 5.41) is 34.8. The maximum absolute atomic E-state index is 12.7. The van der Waals surface area contributed by atoms with Crippen molar-refractivity contribution in [2.45, 2.75) is 50.8 Å². The first-order valence-corrected chi connectivity index (χ1v) is 9.67. The van der Waals surface area contributed by atoms with E-state index in [9.17, 15) is 24.9 Å². The van der Waals surface area contributed by atoms with E-state index in [-0.39, 0.29) is 18.3 Å². The number of aryl methyl sites for hydroxylation is 1. The van der Waals surface area contributed by atoms with E-state index in [1.165, 1.54) is 13.0 Å². The van der Waals surface area contributed by atoms with Crippen LogP contribution in [0.2, 0.25) is 0 Å². The minimum atomic E-state index is -1.65. The molecule has 9 N–H and O–H groups in total. The normalized spacial score (nSPS) is 22.4. The summed E-state index contributed by atoms with van der Waals surface area (Å²) < 4.78 is 5.63. The Morgan fingerprint density at radius 2 is 1.87 bits per heavy atom. The molecule has 2 rings (SSSR count). The van der Waals surface area contributed by atoms with Crippen LogP contribution in [0.4, 0.5) is 0 Å². The lowest BCUT2D eigenvalue weighted by atomic mass is 9.92. The van der Waals surface area contributed by atoms with Crippen molar-refractivity contribution < 1.29 is 29.6 Å². The number of guanidine groups is 1. The fourth-order valence-electron chi connectivity index (χ4n) is 3.12. The predicted octanol–water partition coefficient (Wildman–Crippen LogP) is -2.25. The second-order valence-corrected chi connectivity index (χ2v) is 7.29. The molecule has 1 aliphatic heterocycles. The van der Waals surface area contributed by atoms with Crippen LogP contribution in [0.5, 0.6) is 0 Å². The van der Waals surface area contributed by atoms with Crippen LogP contribution in [0, 0.1) is 6.92 Å². The van der Waals surface area contributed by atoms with Crippen molar-refractivity contribution in [3.8, 4) is 0 Å². The smallest absolute Gasteiger partial charge is 0.286 e. The van der Waals surface area contributed by atoms with Crippen molar-refractivity contribution in [2.75, 3.05) is 6.61 Å². The van der Waals surface area contributed by atoms with Gasteiger partial charge in [0.15, 0.2) is 11.7 Å². The number of benzene rings is 1. The van der Waals surface area contributed by atoms with E-state index in [0.29, 0.717) is 0 Å². The maximum atomic E-state index is 12.7. The molecule has 5 atom stereocenters. The van der Waals surface area contributed by atoms with E-state index >= 15 is 0 Å². The average molecular weight is 435 g/mol. The molecule has 0 saturated carbocycles. The highest BCUT2D eigenvalue weighted by Gasteiger charge is 2.43. The Bertz CT molecular complexity index is 837. The van der Waals surface area contributed by atoms with Gasteiger partial charge in [-0.25, -0.2) is 4.99 Å². The summed E-state index contributed by atoms with van der Waals surface area (Å²) in [7, 11) is 0. The quantitative estimate of drug-likeness (QED) is 0.176. The summed E-state index contributed by atoms with van der Waals surface area (Å²) in [6.45, 7) is 2.64. The number of amides is 2. The fraction of sp³-hybridized carbons (Fsp3) is 0.450. The monoisotopic (exact) mass is 435 g/mol. The number of carbonyl (C=O) groups excluding carboxylic acids is 2. The molecule has 1 aromatic carbocycles. The van der Waals surface area contributed by atoms with E-state index in [2.05, 4.69) is 15.6 Å². The molecule has 1 aliphatic rings. The van der Waals surface area contributed by atoms with Crippen molar-refractivity contribution in [3.63, 3.8) is 0 Å². The molecule has 0 bridgehead atoms. The van der Waals surface area contributed by atoms with Gasteiger partial charge >= 0.3 is 0 Å². The van der Waals surface area contributed by atoms with Crippen molar-refractivity contribution in [3.05, 3.63) is 47.2 Å². The van der Waals surface area contributed by atoms with Crippen LogP contribution in [0.3, 0.4) is 0 Å². The van der Waals surface area contributed by atoms with Crippen LogP contribution >= 0.6 is 0 Å². The molecule has 0 spiro atoms. The SMILES string of the molecule is CC(=O)N[C@H]1[C@H]([C@H](O)[C@H](O)CO)OC(C(=O)NCc2ccc(C)cc2)=C[C@@H]1N=C(N)N. The highest BCUT2D eigenvalue weighted by Crippen LogP contribution is 2.25. The van der Waals surface area contributed by atoms with Gasteiger partial charge in [-0.05, 0) is 18.6 Å². The van der Waals surface area contributed by atoms with E-state index in [0.717, 1.165) is 11.1 Å². The first-order chi connectivity index (χ1) is 14.6. The van der Waals surface area contributed by atoms with E-state index < -0.39 is 48.8 Å². The van der Waals surface area contributed by atoms with Gasteiger partial charge in [-0.2, -0.15) is 0 Å². The largest absolute Gasteiger partial charge is 0.480 e. The molecule has 0 radical (unpaired) electrons. The number of carbonyl (C=O) groups is 2. The lowest BCUT2D eigenvalue weighted by Gasteiger charge is -2.39. The first kappa shape index (κ1) is 24.1. The van der Waals surface area contributed by atoms with E-state index in [1.54, 1.807) is 0 Å². The number of nitrogens with one attached hydrogen (secondary N) is 2. The zero-order valence-electron chi connectivity index (χ0n) is 17.4. The number of rotatable bonds is 8. The molecule has 170 valence electrons. The number of hydrogen-bond acceptors (Lipinski definition) is 7. The number of nitrogens with two attached hydrogens (primary N) is 2. The molecule has 1 aromatic rings. The molecule has 0 aliphatic carbocycles. The minimum absolute atomic E-state index is 0.196. The van der Waals surface area contributed by atoms with Crippen molar-refractivity contribution in [1.29, 1.82) is 0 Å². The number of hydrogen-bond donors (Lipinski definition) is 7. The average Bonchev–Trinajstić information content (AvgIpc) is 2.72. The van der Waals surface area contributed by atoms with Crippen molar-refractivity contribution in [2.24, 2.45) is 16.5 Å². The second-order valence-electron chi connectivity index (χ2n) is 7.29. The van der Waals surface area contributed by atoms with Gasteiger partial charge in [0.2, 0.25) is 5.91 Å². The highest BCUT2D eigenvalue weighted by atomic mass is 16.5. The maximum Gasteiger partial charge on any atom is 0.286 e. The van der Waals surface area contributed by atoms with Gasteiger partial charge in [0, 0.05) is 13.5 Å². The van der Waals surface area contributed by atoms with Crippen LogP contribution in [-0.2, 0) is 20.9 Å². The summed E-state index contributed by atoms with van der Waals surface area (Å²) in [6, 6.07) is 5.58. The molecule has 0 saturated heterocycles. The summed E-state index contributed by atoms with van der Waals surface area (Å²) in [5.74, 6) is -1.58. The molecular weight excluding hydrogens is 406 g/mol. The summed E-state index contributed by atoms with van der Waals surface area (Å²) in [4.78, 5) is 28.4. The standard InChI is InChI=1S/C20H29N5O6/c1-10-3-5-12(6-4-10)8-23-19(30)15-7-13(25-20(21)22)16(24-11(2)27)18(31-15)17(29)14(28)9-26/h3-7,13-14,16-18,26,28-29H,8-9H2,1-2H3,(H,23,30)(H,24,27)(H4,21,22,25)/t13-,14+,16+,17+,18+/m0/s1. The fourth-order valence-corrected chi connectivity index (χ4v) is 3.12. The van der Waals surface area contributed by atoms with Crippen LogP contribution in [0.25, 0.3) is 0 Å².